The molecule has 94 valence electrons. The van der Waals surface area contributed by atoms with Gasteiger partial charge in [0, 0.05) is 43.2 Å². The molecule has 2 heterocycles. The van der Waals surface area contributed by atoms with Crippen LogP contribution in [0, 0.1) is 0 Å². The number of Topliss-reactive ketones (excluding diaryl/α,β-unsaturated/α-hetero) is 1. The summed E-state index contributed by atoms with van der Waals surface area (Å²) in [6, 6.07) is 0. The summed E-state index contributed by atoms with van der Waals surface area (Å²) in [6.07, 6.45) is 11.9. The average molecular weight is 243 g/mol. The van der Waals surface area contributed by atoms with Gasteiger partial charge in [-0.3, -0.25) is 9.48 Å². The van der Waals surface area contributed by atoms with Crippen molar-refractivity contribution >= 4 is 5.78 Å². The zero-order valence-corrected chi connectivity index (χ0v) is 10.6. The Bertz CT molecular complexity index is 580. The Morgan fingerprint density at radius 3 is 2.83 bits per heavy atom. The lowest BCUT2D eigenvalue weighted by Crippen LogP contribution is -1.98. The lowest BCUT2D eigenvalue weighted by Gasteiger charge is -1.99. The molecule has 3 rings (SSSR count). The summed E-state index contributed by atoms with van der Waals surface area (Å²) in [6.45, 7) is 0.786. The summed E-state index contributed by atoms with van der Waals surface area (Å²) < 4.78 is 3.90. The third kappa shape index (κ3) is 2.10. The Labute approximate surface area is 106 Å². The molecule has 1 aliphatic rings. The fourth-order valence-electron chi connectivity index (χ4n) is 2.60. The van der Waals surface area contributed by atoms with Crippen molar-refractivity contribution < 1.29 is 4.79 Å². The molecule has 0 saturated heterocycles. The van der Waals surface area contributed by atoms with Gasteiger partial charge in [0.2, 0.25) is 0 Å². The van der Waals surface area contributed by atoms with Gasteiger partial charge in [0.1, 0.15) is 0 Å². The minimum atomic E-state index is 0.299. The van der Waals surface area contributed by atoms with Gasteiger partial charge < -0.3 is 4.57 Å². The number of carbonyl (C=O) groups is 1. The Balaban J connectivity index is 1.86. The molecule has 0 N–H and O–H groups in total. The maximum Gasteiger partial charge on any atom is 0.164 e. The van der Waals surface area contributed by atoms with Gasteiger partial charge in [-0.2, -0.15) is 5.10 Å². The van der Waals surface area contributed by atoms with E-state index in [1.54, 1.807) is 4.68 Å². The topological polar surface area (TPSA) is 39.8 Å². The molecule has 0 spiro atoms. The third-order valence-electron chi connectivity index (χ3n) is 3.49. The first-order chi connectivity index (χ1) is 8.72. The molecule has 0 bridgehead atoms. The highest BCUT2D eigenvalue weighted by atomic mass is 16.1. The van der Waals surface area contributed by atoms with Crippen molar-refractivity contribution in [3.05, 3.63) is 41.5 Å². The SMILES string of the molecule is Cn1cc(Cn2cc3c(c2)C(=O)CCCC3)cn1. The summed E-state index contributed by atoms with van der Waals surface area (Å²) in [5, 5.41) is 4.16. The van der Waals surface area contributed by atoms with E-state index in [0.717, 1.165) is 36.9 Å². The normalized spacial score (nSPS) is 15.5. The standard InChI is InChI=1S/C14H17N3O/c1-16-7-11(6-15-16)8-17-9-12-4-2-3-5-14(18)13(12)10-17/h6-7,9-10H,2-5,8H2,1H3. The Kier molecular flexibility index (Phi) is 2.78. The van der Waals surface area contributed by atoms with Crippen LogP contribution in [0.15, 0.2) is 24.8 Å². The van der Waals surface area contributed by atoms with Crippen molar-refractivity contribution in [2.45, 2.75) is 32.2 Å². The first-order valence-electron chi connectivity index (χ1n) is 6.42. The Hall–Kier alpha value is -1.84. The highest BCUT2D eigenvalue weighted by Gasteiger charge is 2.17. The molecule has 0 unspecified atom stereocenters. The third-order valence-corrected chi connectivity index (χ3v) is 3.49. The van der Waals surface area contributed by atoms with Crippen LogP contribution in [0.3, 0.4) is 0 Å². The van der Waals surface area contributed by atoms with Crippen LogP contribution in [0.1, 0.15) is 40.7 Å². The maximum absolute atomic E-state index is 11.9. The first kappa shape index (κ1) is 11.3. The highest BCUT2D eigenvalue weighted by molar-refractivity contribution is 5.97. The summed E-state index contributed by atoms with van der Waals surface area (Å²) in [7, 11) is 1.91. The predicted molar refractivity (Wildman–Crippen MR) is 68.6 cm³/mol. The summed E-state index contributed by atoms with van der Waals surface area (Å²) in [4.78, 5) is 11.9. The van der Waals surface area contributed by atoms with Crippen molar-refractivity contribution in [2.75, 3.05) is 0 Å². The van der Waals surface area contributed by atoms with E-state index < -0.39 is 0 Å². The van der Waals surface area contributed by atoms with E-state index in [1.807, 2.05) is 25.6 Å². The Morgan fingerprint density at radius 2 is 2.06 bits per heavy atom. The fraction of sp³-hybridized carbons (Fsp3) is 0.429. The molecule has 0 aromatic carbocycles. The van der Waals surface area contributed by atoms with Crippen molar-refractivity contribution in [1.82, 2.24) is 14.3 Å². The fourth-order valence-corrected chi connectivity index (χ4v) is 2.60. The number of fused-ring (bicyclic) bond motifs is 1. The molecule has 0 radical (unpaired) electrons. The first-order valence-corrected chi connectivity index (χ1v) is 6.42. The van der Waals surface area contributed by atoms with Crippen molar-refractivity contribution in [3.63, 3.8) is 0 Å². The minimum absolute atomic E-state index is 0.299. The molecule has 18 heavy (non-hydrogen) atoms. The summed E-state index contributed by atoms with van der Waals surface area (Å²) in [5.41, 5.74) is 3.30. The smallest absolute Gasteiger partial charge is 0.164 e. The lowest BCUT2D eigenvalue weighted by atomic mass is 10.1. The van der Waals surface area contributed by atoms with Crippen LogP contribution in [0.25, 0.3) is 0 Å². The van der Waals surface area contributed by atoms with Crippen LogP contribution in [-0.2, 0) is 20.0 Å². The van der Waals surface area contributed by atoms with E-state index >= 15 is 0 Å². The van der Waals surface area contributed by atoms with Crippen LogP contribution >= 0.6 is 0 Å². The number of hydrogen-bond donors (Lipinski definition) is 0. The van der Waals surface area contributed by atoms with Gasteiger partial charge in [0.15, 0.2) is 5.78 Å². The van der Waals surface area contributed by atoms with E-state index in [1.165, 1.54) is 5.56 Å². The molecule has 4 heteroatoms. The van der Waals surface area contributed by atoms with Crippen LogP contribution in [-0.4, -0.2) is 20.1 Å². The number of hydrogen-bond acceptors (Lipinski definition) is 2. The number of rotatable bonds is 2. The molecule has 0 amide bonds. The number of aromatic nitrogens is 3. The summed E-state index contributed by atoms with van der Waals surface area (Å²) in [5.74, 6) is 0.299. The molecule has 0 aliphatic heterocycles. The molecule has 2 aromatic heterocycles. The molecule has 0 saturated carbocycles. The van der Waals surface area contributed by atoms with Gasteiger partial charge in [-0.1, -0.05) is 0 Å². The van der Waals surface area contributed by atoms with Crippen LogP contribution in [0.5, 0.6) is 0 Å². The van der Waals surface area contributed by atoms with E-state index in [0.29, 0.717) is 12.2 Å². The lowest BCUT2D eigenvalue weighted by molar-refractivity contribution is 0.0982. The average Bonchev–Trinajstić information content (AvgIpc) is 2.88. The van der Waals surface area contributed by atoms with E-state index in [9.17, 15) is 4.79 Å². The number of nitrogens with zero attached hydrogens (tertiary/aromatic N) is 3. The Morgan fingerprint density at radius 1 is 1.22 bits per heavy atom. The molecular formula is C14H17N3O. The van der Waals surface area contributed by atoms with Crippen LogP contribution < -0.4 is 0 Å². The van der Waals surface area contributed by atoms with Gasteiger partial charge in [-0.15, -0.1) is 0 Å². The molecule has 2 aromatic rings. The van der Waals surface area contributed by atoms with Gasteiger partial charge in [-0.05, 0) is 24.8 Å². The van der Waals surface area contributed by atoms with Crippen molar-refractivity contribution in [2.24, 2.45) is 7.05 Å². The highest BCUT2D eigenvalue weighted by Crippen LogP contribution is 2.22. The molecule has 1 aliphatic carbocycles. The van der Waals surface area contributed by atoms with Crippen LogP contribution in [0.4, 0.5) is 0 Å². The van der Waals surface area contributed by atoms with Gasteiger partial charge in [0.05, 0.1) is 12.7 Å². The number of aryl methyl sites for hydroxylation is 2. The second-order valence-electron chi connectivity index (χ2n) is 5.02. The van der Waals surface area contributed by atoms with Crippen molar-refractivity contribution in [1.29, 1.82) is 0 Å². The zero-order valence-electron chi connectivity index (χ0n) is 10.6. The molecule has 0 atom stereocenters. The quantitative estimate of drug-likeness (QED) is 0.758. The van der Waals surface area contributed by atoms with Crippen molar-refractivity contribution in [3.8, 4) is 0 Å². The molecule has 4 nitrogen and oxygen atoms in total. The van der Waals surface area contributed by atoms with Gasteiger partial charge >= 0.3 is 0 Å². The second-order valence-corrected chi connectivity index (χ2v) is 5.02. The number of carbonyl (C=O) groups excluding carboxylic acids is 1. The maximum atomic E-state index is 11.9. The van der Waals surface area contributed by atoms with E-state index in [-0.39, 0.29) is 0 Å². The molecule has 0 fully saturated rings. The largest absolute Gasteiger partial charge is 0.349 e. The zero-order chi connectivity index (χ0) is 12.5. The van der Waals surface area contributed by atoms with E-state index in [2.05, 4.69) is 15.9 Å². The predicted octanol–water partition coefficient (Wildman–Crippen LogP) is 2.18. The van der Waals surface area contributed by atoms with Gasteiger partial charge in [0.25, 0.3) is 0 Å². The molecular weight excluding hydrogens is 226 g/mol. The second kappa shape index (κ2) is 4.44. The van der Waals surface area contributed by atoms with Crippen LogP contribution in [0.2, 0.25) is 0 Å². The monoisotopic (exact) mass is 243 g/mol. The summed E-state index contributed by atoms with van der Waals surface area (Å²) >= 11 is 0. The minimum Gasteiger partial charge on any atom is -0.349 e. The van der Waals surface area contributed by atoms with Gasteiger partial charge in [-0.25, -0.2) is 0 Å². The number of ketones is 1. The van der Waals surface area contributed by atoms with E-state index in [4.69, 9.17) is 0 Å².